The first-order valence-corrected chi connectivity index (χ1v) is 27.6. The van der Waals surface area contributed by atoms with Crippen molar-refractivity contribution < 1.29 is 48.7 Å². The van der Waals surface area contributed by atoms with Crippen LogP contribution in [0.5, 0.6) is 0 Å². The molecule has 19 atom stereocenters. The lowest BCUT2D eigenvalue weighted by atomic mass is 9.42. The molecule has 3 N–H and O–H groups in total. The highest BCUT2D eigenvalue weighted by Crippen LogP contribution is 2.71. The summed E-state index contributed by atoms with van der Waals surface area (Å²) in [7, 11) is 0. The molecule has 0 saturated heterocycles. The number of carbonyl (C=O) groups excluding carboxylic acids is 4. The number of ether oxygens (including phenoxy) is 3. The second-order valence-electron chi connectivity index (χ2n) is 25.8. The van der Waals surface area contributed by atoms with Crippen molar-refractivity contribution in [3.8, 4) is 0 Å². The fourth-order valence-electron chi connectivity index (χ4n) is 18.3. The van der Waals surface area contributed by atoms with Gasteiger partial charge in [-0.1, -0.05) is 64.8 Å². The summed E-state index contributed by atoms with van der Waals surface area (Å²) in [4.78, 5) is 56.7. The molecule has 8 saturated carbocycles. The molecule has 0 spiro atoms. The minimum Gasteiger partial charge on any atom is -0.458 e. The molecule has 8 aliphatic carbocycles. The van der Waals surface area contributed by atoms with E-state index in [1.807, 2.05) is 27.7 Å². The second-order valence-corrected chi connectivity index (χ2v) is 25.8. The van der Waals surface area contributed by atoms with E-state index in [-0.39, 0.29) is 76.3 Å². The van der Waals surface area contributed by atoms with Crippen LogP contribution in [-0.4, -0.2) is 69.7 Å². The largest absolute Gasteiger partial charge is 0.458 e. The Morgan fingerprint density at radius 1 is 0.586 bits per heavy atom. The summed E-state index contributed by atoms with van der Waals surface area (Å²) in [6.45, 7) is 24.7. The number of aliphatic hydroxyl groups is 3. The SMILES string of the molecule is CC(=O)O[C@H]1C[C@@]2(C)C(C[C@@H](O)[C@@H]3[C@@H]2CCC2C(C)[C@H](O)CC[C@@]23C)/C1=C(\CCC=C(C)C)C(=O)OC(=O)/C(CCC=C(C)C)=C1/C2C[CH][C@@H]3[C@H](CC[C@H]4C(C)[C@H](O)CC[C@]34C)[C@@]2(C)C[C@@H]1OC(C)=O. The van der Waals surface area contributed by atoms with Gasteiger partial charge in [-0.2, -0.15) is 0 Å². The summed E-state index contributed by atoms with van der Waals surface area (Å²) in [5, 5.41) is 34.4. The summed E-state index contributed by atoms with van der Waals surface area (Å²) < 4.78 is 18.8. The molecule has 10 heteroatoms. The summed E-state index contributed by atoms with van der Waals surface area (Å²) in [6, 6.07) is 0. The Kier molecular flexibility index (Phi) is 15.2. The van der Waals surface area contributed by atoms with Crippen LogP contribution in [0.3, 0.4) is 0 Å². The summed E-state index contributed by atoms with van der Waals surface area (Å²) in [5.41, 5.74) is 3.58. The molecule has 0 aromatic heterocycles. The maximum absolute atomic E-state index is 15.3. The predicted octanol–water partition coefficient (Wildman–Crippen LogP) is 11.3. The van der Waals surface area contributed by atoms with E-state index >= 15 is 9.59 Å². The van der Waals surface area contributed by atoms with Crippen LogP contribution in [-0.2, 0) is 33.4 Å². The average Bonchev–Trinajstić information content (AvgIpc) is 3.71. The Bertz CT molecular complexity index is 2180. The molecule has 0 heterocycles. The number of aliphatic hydroxyl groups excluding tert-OH is 3. The van der Waals surface area contributed by atoms with Gasteiger partial charge >= 0.3 is 23.9 Å². The van der Waals surface area contributed by atoms with E-state index in [2.05, 4.69) is 60.1 Å². The first-order chi connectivity index (χ1) is 32.9. The van der Waals surface area contributed by atoms with Gasteiger partial charge in [0.1, 0.15) is 12.2 Å². The summed E-state index contributed by atoms with van der Waals surface area (Å²) in [5.74, 6) is -0.945. The van der Waals surface area contributed by atoms with Crippen molar-refractivity contribution in [1.29, 1.82) is 0 Å². The zero-order valence-electron chi connectivity index (χ0n) is 44.9. The number of allylic oxidation sites excluding steroid dienone is 4. The van der Waals surface area contributed by atoms with E-state index in [1.54, 1.807) is 0 Å². The van der Waals surface area contributed by atoms with Crippen LogP contribution in [0.1, 0.15) is 186 Å². The predicted molar refractivity (Wildman–Crippen MR) is 270 cm³/mol. The van der Waals surface area contributed by atoms with Gasteiger partial charge < -0.3 is 29.5 Å². The van der Waals surface area contributed by atoms with E-state index in [1.165, 1.54) is 13.8 Å². The van der Waals surface area contributed by atoms with Crippen LogP contribution in [0, 0.1) is 87.3 Å². The quantitative estimate of drug-likeness (QED) is 0.0633. The Morgan fingerprint density at radius 3 is 1.53 bits per heavy atom. The molecule has 5 unspecified atom stereocenters. The maximum atomic E-state index is 15.3. The zero-order valence-corrected chi connectivity index (χ0v) is 44.9. The smallest absolute Gasteiger partial charge is 0.342 e. The maximum Gasteiger partial charge on any atom is 0.342 e. The molecular formula is C60H89O10. The molecule has 8 rings (SSSR count). The fourth-order valence-corrected chi connectivity index (χ4v) is 18.3. The highest BCUT2D eigenvalue weighted by atomic mass is 16.6. The van der Waals surface area contributed by atoms with Gasteiger partial charge in [0, 0.05) is 25.0 Å². The normalized spacial score (nSPS) is 45.2. The van der Waals surface area contributed by atoms with E-state index in [0.29, 0.717) is 85.8 Å². The Labute approximate surface area is 420 Å². The van der Waals surface area contributed by atoms with Crippen molar-refractivity contribution in [2.45, 2.75) is 216 Å². The summed E-state index contributed by atoms with van der Waals surface area (Å²) >= 11 is 0. The Hall–Kier alpha value is -3.08. The Balaban J connectivity index is 1.19. The molecule has 8 aliphatic rings. The van der Waals surface area contributed by atoms with Crippen molar-refractivity contribution in [3.05, 3.63) is 52.0 Å². The molecule has 389 valence electrons. The highest BCUT2D eigenvalue weighted by Gasteiger charge is 2.67. The molecule has 0 aliphatic heterocycles. The number of rotatable bonds is 10. The van der Waals surface area contributed by atoms with Crippen molar-refractivity contribution in [1.82, 2.24) is 0 Å². The number of hydrogen-bond acceptors (Lipinski definition) is 10. The molecule has 8 fully saturated rings. The molecule has 0 aromatic carbocycles. The molecule has 1 radical (unpaired) electrons. The number of fused-ring (bicyclic) bond motifs is 10. The lowest BCUT2D eigenvalue weighted by Crippen LogP contribution is -2.61. The number of esters is 4. The third kappa shape index (κ3) is 9.19. The van der Waals surface area contributed by atoms with Crippen LogP contribution in [0.15, 0.2) is 45.6 Å². The average molecular weight is 970 g/mol. The molecule has 0 bridgehead atoms. The van der Waals surface area contributed by atoms with Crippen LogP contribution in [0.4, 0.5) is 0 Å². The van der Waals surface area contributed by atoms with Crippen molar-refractivity contribution in [2.24, 2.45) is 80.8 Å². The molecule has 70 heavy (non-hydrogen) atoms. The lowest BCUT2D eigenvalue weighted by molar-refractivity contribution is -0.191. The number of hydrogen-bond donors (Lipinski definition) is 3. The molecular weight excluding hydrogens is 881 g/mol. The van der Waals surface area contributed by atoms with E-state index < -0.39 is 47.6 Å². The van der Waals surface area contributed by atoms with Gasteiger partial charge in [0.25, 0.3) is 0 Å². The monoisotopic (exact) mass is 970 g/mol. The van der Waals surface area contributed by atoms with Gasteiger partial charge in [-0.3, -0.25) is 9.59 Å². The van der Waals surface area contributed by atoms with Gasteiger partial charge in [0.15, 0.2) is 0 Å². The minimum absolute atomic E-state index is 0.0102. The van der Waals surface area contributed by atoms with Crippen molar-refractivity contribution in [2.75, 3.05) is 0 Å². The second kappa shape index (κ2) is 20.0. The molecule has 0 aromatic rings. The minimum atomic E-state index is -0.744. The van der Waals surface area contributed by atoms with Gasteiger partial charge in [0.05, 0.1) is 18.3 Å². The van der Waals surface area contributed by atoms with Crippen LogP contribution in [0.2, 0.25) is 0 Å². The third-order valence-corrected chi connectivity index (χ3v) is 21.5. The van der Waals surface area contributed by atoms with E-state index in [9.17, 15) is 24.9 Å². The third-order valence-electron chi connectivity index (χ3n) is 21.5. The Morgan fingerprint density at radius 2 is 1.03 bits per heavy atom. The lowest BCUT2D eigenvalue weighted by Gasteiger charge is -2.64. The van der Waals surface area contributed by atoms with Crippen molar-refractivity contribution >= 4 is 23.9 Å². The fraction of sp³-hybridized carbons (Fsp3) is 0.783. The van der Waals surface area contributed by atoms with Crippen LogP contribution in [0.25, 0.3) is 0 Å². The standard InChI is InChI=1S/C60H89O10/c1-32(2)15-13-17-38(52-44-23-22-42-43(59(44,11)30-50(52)68-36(7)61)21-19-40-34(5)47(63)25-27-57(40,42)9)55(66)70-56(67)39(18-14-16-33(3)4)53-46-29-49(65)54-45(60(46,12)31-51(53)69-37(8)62)24-20-41-35(6)48(64)26-28-58(41,54)10/h15-16,22,34-35,40-51,54,63-65H,13-14,17-21,23-31H2,1-12H3/b52-38-,53-39-/t34?,35?,40-,41?,42+,43-,44?,45-,46?,47+,48+,49+,50-,51-,54-,57-,58-,59+,60+/m0/s1. The van der Waals surface area contributed by atoms with E-state index in [4.69, 9.17) is 14.2 Å². The topological polar surface area (TPSA) is 157 Å². The first kappa shape index (κ1) is 53.2. The van der Waals surface area contributed by atoms with Gasteiger partial charge in [0.2, 0.25) is 0 Å². The van der Waals surface area contributed by atoms with Gasteiger partial charge in [-0.15, -0.1) is 0 Å². The number of carbonyl (C=O) groups is 4. The zero-order chi connectivity index (χ0) is 51.0. The van der Waals surface area contributed by atoms with Crippen molar-refractivity contribution in [3.63, 3.8) is 0 Å². The van der Waals surface area contributed by atoms with Gasteiger partial charge in [-0.05, 0) is 229 Å². The first-order valence-electron chi connectivity index (χ1n) is 27.6. The van der Waals surface area contributed by atoms with E-state index in [0.717, 1.165) is 61.7 Å². The molecule has 0 amide bonds. The van der Waals surface area contributed by atoms with Crippen LogP contribution >= 0.6 is 0 Å². The highest BCUT2D eigenvalue weighted by molar-refractivity contribution is 6.03. The van der Waals surface area contributed by atoms with Gasteiger partial charge in [-0.25, -0.2) is 9.59 Å². The van der Waals surface area contributed by atoms with Crippen LogP contribution < -0.4 is 0 Å². The summed E-state index contributed by atoms with van der Waals surface area (Å²) in [6.07, 6.45) is 15.0. The molecule has 10 nitrogen and oxygen atoms in total.